The third kappa shape index (κ3) is 2.51. The van der Waals surface area contributed by atoms with Crippen molar-refractivity contribution >= 4 is 22.3 Å². The van der Waals surface area contributed by atoms with Gasteiger partial charge >= 0.3 is 5.97 Å². The summed E-state index contributed by atoms with van der Waals surface area (Å²) < 4.78 is 15.8. The highest BCUT2D eigenvalue weighted by Crippen LogP contribution is 2.35. The molecule has 3 rings (SSSR count). The molecule has 0 bridgehead atoms. The summed E-state index contributed by atoms with van der Waals surface area (Å²) in [6, 6.07) is 14.2. The Morgan fingerprint density at radius 3 is 2.68 bits per heavy atom. The Morgan fingerprint density at radius 2 is 1.91 bits per heavy atom. The number of ether oxygens (including phenoxy) is 3. The maximum absolute atomic E-state index is 12.2. The summed E-state index contributed by atoms with van der Waals surface area (Å²) in [4.78, 5) is 12.2. The predicted molar refractivity (Wildman–Crippen MR) is 84.2 cm³/mol. The molecule has 2 atom stereocenters. The summed E-state index contributed by atoms with van der Waals surface area (Å²) >= 11 is 0. The topological polar surface area (TPSA) is 44.8 Å². The van der Waals surface area contributed by atoms with E-state index in [4.69, 9.17) is 14.2 Å². The molecule has 2 aromatic carbocycles. The first-order valence-corrected chi connectivity index (χ1v) is 7.16. The highest BCUT2D eigenvalue weighted by molar-refractivity contribution is 5.99. The molecule has 22 heavy (non-hydrogen) atoms. The zero-order chi connectivity index (χ0) is 15.5. The van der Waals surface area contributed by atoms with Crippen LogP contribution in [0.25, 0.3) is 16.3 Å². The fourth-order valence-corrected chi connectivity index (χ4v) is 2.93. The molecule has 0 radical (unpaired) electrons. The number of methoxy groups -OCH3 is 2. The molecule has 0 amide bonds. The molecular weight excluding hydrogens is 280 g/mol. The van der Waals surface area contributed by atoms with Crippen molar-refractivity contribution in [2.45, 2.75) is 6.29 Å². The van der Waals surface area contributed by atoms with E-state index in [1.807, 2.05) is 30.3 Å². The summed E-state index contributed by atoms with van der Waals surface area (Å²) in [6.07, 6.45) is 1.30. The second kappa shape index (κ2) is 6.30. The Balaban J connectivity index is 2.14. The van der Waals surface area contributed by atoms with Gasteiger partial charge in [-0.25, -0.2) is 0 Å². The van der Waals surface area contributed by atoms with E-state index in [0.29, 0.717) is 6.61 Å². The van der Waals surface area contributed by atoms with E-state index in [9.17, 15) is 4.79 Å². The second-order valence-electron chi connectivity index (χ2n) is 5.12. The van der Waals surface area contributed by atoms with Gasteiger partial charge < -0.3 is 14.2 Å². The number of rotatable bonds is 3. The number of benzene rings is 2. The molecule has 0 spiro atoms. The quantitative estimate of drug-likeness (QED) is 0.817. The highest BCUT2D eigenvalue weighted by Gasteiger charge is 2.37. The fourth-order valence-electron chi connectivity index (χ4n) is 2.93. The molecule has 4 heteroatoms. The largest absolute Gasteiger partial charge is 0.468 e. The van der Waals surface area contributed by atoms with Crippen LogP contribution in [0.1, 0.15) is 5.56 Å². The summed E-state index contributed by atoms with van der Waals surface area (Å²) in [7, 11) is 2.91. The van der Waals surface area contributed by atoms with Crippen molar-refractivity contribution in [1.29, 1.82) is 0 Å². The van der Waals surface area contributed by atoms with Crippen LogP contribution in [0.5, 0.6) is 0 Å². The van der Waals surface area contributed by atoms with Gasteiger partial charge in [0.15, 0.2) is 6.29 Å². The lowest BCUT2D eigenvalue weighted by Gasteiger charge is -2.30. The van der Waals surface area contributed by atoms with E-state index >= 15 is 0 Å². The molecule has 1 aliphatic rings. The lowest BCUT2D eigenvalue weighted by atomic mass is 9.87. The van der Waals surface area contributed by atoms with Crippen molar-refractivity contribution in [2.24, 2.45) is 5.92 Å². The van der Waals surface area contributed by atoms with Crippen molar-refractivity contribution in [3.8, 4) is 0 Å². The average Bonchev–Trinajstić information content (AvgIpc) is 2.59. The Morgan fingerprint density at radius 1 is 1.14 bits per heavy atom. The third-order valence-corrected chi connectivity index (χ3v) is 3.96. The number of esters is 1. The van der Waals surface area contributed by atoms with Gasteiger partial charge in [-0.15, -0.1) is 0 Å². The number of carbonyl (C=O) groups excluding carboxylic acids is 1. The molecule has 0 saturated carbocycles. The smallest absolute Gasteiger partial charge is 0.318 e. The molecular formula is C18H18O4. The number of carbonyl (C=O) groups is 1. The van der Waals surface area contributed by atoms with E-state index in [1.165, 1.54) is 14.2 Å². The number of fused-ring (bicyclic) bond motifs is 1. The van der Waals surface area contributed by atoms with E-state index < -0.39 is 12.2 Å². The van der Waals surface area contributed by atoms with Crippen LogP contribution in [0.15, 0.2) is 48.5 Å². The van der Waals surface area contributed by atoms with Crippen molar-refractivity contribution in [3.05, 3.63) is 54.1 Å². The van der Waals surface area contributed by atoms with Gasteiger partial charge in [-0.05, 0) is 21.9 Å². The molecule has 0 N–H and O–H groups in total. The van der Waals surface area contributed by atoms with Crippen LogP contribution in [-0.2, 0) is 19.0 Å². The third-order valence-electron chi connectivity index (χ3n) is 3.96. The lowest BCUT2D eigenvalue weighted by Crippen LogP contribution is -2.37. The summed E-state index contributed by atoms with van der Waals surface area (Å²) in [5.41, 5.74) is 1.90. The molecule has 0 unspecified atom stereocenters. The SMILES string of the molecule is COC(=O)[C@H]1C(c2cccc3ccccc23)=CCO[C@@H]1OC. The minimum absolute atomic E-state index is 0.356. The van der Waals surface area contributed by atoms with Gasteiger partial charge in [-0.1, -0.05) is 48.5 Å². The first-order chi connectivity index (χ1) is 10.8. The Labute approximate surface area is 129 Å². The number of hydrogen-bond acceptors (Lipinski definition) is 4. The molecule has 2 aromatic rings. The normalized spacial score (nSPS) is 21.5. The Hall–Kier alpha value is -2.17. The van der Waals surface area contributed by atoms with Crippen LogP contribution in [0.2, 0.25) is 0 Å². The number of hydrogen-bond donors (Lipinski definition) is 0. The standard InChI is InChI=1S/C18H18O4/c1-20-17(19)16-15(10-11-22-18(16)21-2)14-9-5-7-12-6-3-4-8-13(12)14/h3-10,16,18H,11H2,1-2H3/t16-,18+/m1/s1. The minimum Gasteiger partial charge on any atom is -0.468 e. The zero-order valence-electron chi connectivity index (χ0n) is 12.6. The van der Waals surface area contributed by atoms with Crippen molar-refractivity contribution in [1.82, 2.24) is 0 Å². The molecule has 0 aromatic heterocycles. The van der Waals surface area contributed by atoms with Crippen LogP contribution in [-0.4, -0.2) is 33.1 Å². The van der Waals surface area contributed by atoms with Crippen molar-refractivity contribution in [3.63, 3.8) is 0 Å². The fraction of sp³-hybridized carbons (Fsp3) is 0.278. The van der Waals surface area contributed by atoms with Crippen molar-refractivity contribution in [2.75, 3.05) is 20.8 Å². The van der Waals surface area contributed by atoms with Gasteiger partial charge in [-0.3, -0.25) is 4.79 Å². The first kappa shape index (κ1) is 14.8. The molecule has 1 heterocycles. The highest BCUT2D eigenvalue weighted by atomic mass is 16.7. The van der Waals surface area contributed by atoms with E-state index in [-0.39, 0.29) is 5.97 Å². The zero-order valence-corrected chi connectivity index (χ0v) is 12.6. The predicted octanol–water partition coefficient (Wildman–Crippen LogP) is 3.02. The average molecular weight is 298 g/mol. The van der Waals surface area contributed by atoms with Gasteiger partial charge in [0.05, 0.1) is 13.7 Å². The molecule has 0 aliphatic carbocycles. The van der Waals surface area contributed by atoms with Crippen molar-refractivity contribution < 1.29 is 19.0 Å². The van der Waals surface area contributed by atoms with Gasteiger partial charge in [0.1, 0.15) is 5.92 Å². The van der Waals surface area contributed by atoms with E-state index in [0.717, 1.165) is 21.9 Å². The second-order valence-corrected chi connectivity index (χ2v) is 5.12. The van der Waals surface area contributed by atoms with Crippen LogP contribution < -0.4 is 0 Å². The molecule has 0 fully saturated rings. The first-order valence-electron chi connectivity index (χ1n) is 7.16. The van der Waals surface area contributed by atoms with Crippen LogP contribution >= 0.6 is 0 Å². The van der Waals surface area contributed by atoms with E-state index in [2.05, 4.69) is 18.2 Å². The van der Waals surface area contributed by atoms with Crippen LogP contribution in [0.4, 0.5) is 0 Å². The summed E-state index contributed by atoms with van der Waals surface area (Å²) in [5, 5.41) is 2.23. The van der Waals surface area contributed by atoms with Crippen LogP contribution in [0, 0.1) is 5.92 Å². The van der Waals surface area contributed by atoms with E-state index in [1.54, 1.807) is 0 Å². The molecule has 0 saturated heterocycles. The lowest BCUT2D eigenvalue weighted by molar-refractivity contribution is -0.173. The molecule has 114 valence electrons. The maximum Gasteiger partial charge on any atom is 0.318 e. The van der Waals surface area contributed by atoms with Gasteiger partial charge in [0.25, 0.3) is 0 Å². The molecule has 4 nitrogen and oxygen atoms in total. The van der Waals surface area contributed by atoms with Gasteiger partial charge in [0.2, 0.25) is 0 Å². The Kier molecular flexibility index (Phi) is 4.22. The summed E-state index contributed by atoms with van der Waals surface area (Å²) in [6.45, 7) is 0.407. The van der Waals surface area contributed by atoms with Gasteiger partial charge in [0, 0.05) is 7.11 Å². The maximum atomic E-state index is 12.2. The monoisotopic (exact) mass is 298 g/mol. The van der Waals surface area contributed by atoms with Crippen LogP contribution in [0.3, 0.4) is 0 Å². The minimum atomic E-state index is -0.633. The molecule has 1 aliphatic heterocycles. The summed E-state index contributed by atoms with van der Waals surface area (Å²) in [5.74, 6) is -0.944. The van der Waals surface area contributed by atoms with Gasteiger partial charge in [-0.2, -0.15) is 0 Å². The Bertz CT molecular complexity index is 715.